The molecule has 1 aromatic carbocycles. The van der Waals surface area contributed by atoms with Crippen molar-refractivity contribution in [1.82, 2.24) is 10.2 Å². The number of carboxylic acid groups (broad SMARTS) is 2. The van der Waals surface area contributed by atoms with E-state index in [-0.39, 0.29) is 12.0 Å². The normalized spacial score (nSPS) is 18.3. The van der Waals surface area contributed by atoms with Crippen LogP contribution in [-0.4, -0.2) is 92.7 Å². The van der Waals surface area contributed by atoms with E-state index in [4.69, 9.17) is 38.7 Å². The van der Waals surface area contributed by atoms with Crippen LogP contribution < -0.4 is 14.8 Å². The summed E-state index contributed by atoms with van der Waals surface area (Å²) < 4.78 is 22.1. The minimum atomic E-state index is -1.82. The summed E-state index contributed by atoms with van der Waals surface area (Å²) >= 11 is 0. The Bertz CT molecular complexity index is 785. The van der Waals surface area contributed by atoms with Crippen LogP contribution in [0.4, 0.5) is 0 Å². The van der Waals surface area contributed by atoms with Gasteiger partial charge in [0.05, 0.1) is 33.5 Å². The van der Waals surface area contributed by atoms with Crippen molar-refractivity contribution in [3.05, 3.63) is 23.8 Å². The topological polar surface area (TPSA) is 144 Å². The Balaban J connectivity index is 0.000000641. The molecular weight excluding hydrogens is 460 g/mol. The SMILES string of the molecule is COc1cc(COCC2CCN(CC(=O)NCC3CCCO3)CC2)cc(OC)c1.O=C(O)C(=O)O. The Kier molecular flexibility index (Phi) is 12.3. The molecule has 1 unspecified atom stereocenters. The summed E-state index contributed by atoms with van der Waals surface area (Å²) in [4.78, 5) is 32.6. The van der Waals surface area contributed by atoms with E-state index in [1.165, 1.54) is 0 Å². The van der Waals surface area contributed by atoms with Crippen LogP contribution in [0, 0.1) is 5.92 Å². The standard InChI is InChI=1S/C22H34N2O5.C2H2O4/c1-26-20-10-18(11-21(12-20)27-2)16-28-15-17-5-7-24(8-6-17)14-22(25)23-13-19-4-3-9-29-19;3-1(4)2(5)6/h10-12,17,19H,3-9,13-16H2,1-2H3,(H,23,25);(H,3,4)(H,5,6). The molecular formula is C24H36N2O9. The first-order valence-electron chi connectivity index (χ1n) is 11.7. The van der Waals surface area contributed by atoms with E-state index in [1.54, 1.807) is 14.2 Å². The zero-order valence-corrected chi connectivity index (χ0v) is 20.4. The highest BCUT2D eigenvalue weighted by atomic mass is 16.5. The zero-order valence-electron chi connectivity index (χ0n) is 20.4. The summed E-state index contributed by atoms with van der Waals surface area (Å²) in [5, 5.41) is 17.8. The second kappa shape index (κ2) is 15.2. The fourth-order valence-corrected chi connectivity index (χ4v) is 3.90. The van der Waals surface area contributed by atoms with Crippen LogP contribution in [0.2, 0.25) is 0 Å². The number of carboxylic acids is 2. The minimum absolute atomic E-state index is 0.0992. The van der Waals surface area contributed by atoms with Crippen molar-refractivity contribution in [2.75, 3.05) is 53.6 Å². The molecule has 11 heteroatoms. The van der Waals surface area contributed by atoms with E-state index in [0.29, 0.717) is 25.6 Å². The van der Waals surface area contributed by atoms with Crippen molar-refractivity contribution >= 4 is 17.8 Å². The number of hydrogen-bond acceptors (Lipinski definition) is 8. The van der Waals surface area contributed by atoms with E-state index in [9.17, 15) is 4.79 Å². The van der Waals surface area contributed by atoms with Gasteiger partial charge < -0.3 is 34.5 Å². The molecule has 2 fully saturated rings. The Labute approximate surface area is 205 Å². The molecule has 3 rings (SSSR count). The van der Waals surface area contributed by atoms with Gasteiger partial charge in [0, 0.05) is 25.8 Å². The highest BCUT2D eigenvalue weighted by Crippen LogP contribution is 2.24. The predicted molar refractivity (Wildman–Crippen MR) is 126 cm³/mol. The van der Waals surface area contributed by atoms with Crippen LogP contribution in [0.15, 0.2) is 18.2 Å². The minimum Gasteiger partial charge on any atom is -0.497 e. The van der Waals surface area contributed by atoms with E-state index in [1.807, 2.05) is 18.2 Å². The van der Waals surface area contributed by atoms with Gasteiger partial charge in [0.2, 0.25) is 5.91 Å². The Morgan fingerprint density at radius 3 is 2.17 bits per heavy atom. The van der Waals surface area contributed by atoms with Crippen LogP contribution in [0.1, 0.15) is 31.2 Å². The molecule has 2 saturated heterocycles. The van der Waals surface area contributed by atoms with Crippen LogP contribution in [0.3, 0.4) is 0 Å². The number of ether oxygens (including phenoxy) is 4. The lowest BCUT2D eigenvalue weighted by atomic mass is 9.98. The number of piperidine rings is 1. The number of rotatable bonds is 10. The van der Waals surface area contributed by atoms with Crippen molar-refractivity contribution in [3.8, 4) is 11.5 Å². The van der Waals surface area contributed by atoms with Gasteiger partial charge in [0.25, 0.3) is 0 Å². The van der Waals surface area contributed by atoms with Gasteiger partial charge in [-0.3, -0.25) is 9.69 Å². The number of hydrogen-bond donors (Lipinski definition) is 3. The molecule has 0 bridgehead atoms. The number of methoxy groups -OCH3 is 2. The third-order valence-electron chi connectivity index (χ3n) is 5.84. The molecule has 2 aliphatic rings. The van der Waals surface area contributed by atoms with Gasteiger partial charge in [-0.25, -0.2) is 9.59 Å². The molecule has 35 heavy (non-hydrogen) atoms. The van der Waals surface area contributed by atoms with Crippen molar-refractivity contribution in [2.45, 2.75) is 38.4 Å². The molecule has 2 heterocycles. The molecule has 0 aliphatic carbocycles. The average Bonchev–Trinajstić information content (AvgIpc) is 3.38. The molecule has 196 valence electrons. The van der Waals surface area contributed by atoms with E-state index >= 15 is 0 Å². The quantitative estimate of drug-likeness (QED) is 0.406. The van der Waals surface area contributed by atoms with Crippen molar-refractivity contribution in [2.24, 2.45) is 5.92 Å². The largest absolute Gasteiger partial charge is 0.497 e. The molecule has 0 aromatic heterocycles. The summed E-state index contributed by atoms with van der Waals surface area (Å²) in [5.41, 5.74) is 1.04. The second-order valence-corrected chi connectivity index (χ2v) is 8.50. The molecule has 1 amide bonds. The van der Waals surface area contributed by atoms with Crippen molar-refractivity contribution in [1.29, 1.82) is 0 Å². The van der Waals surface area contributed by atoms with E-state index < -0.39 is 11.9 Å². The maximum Gasteiger partial charge on any atom is 0.414 e. The molecule has 11 nitrogen and oxygen atoms in total. The average molecular weight is 497 g/mol. The fourth-order valence-electron chi connectivity index (χ4n) is 3.90. The summed E-state index contributed by atoms with van der Waals surface area (Å²) in [6, 6.07) is 5.80. The Hall–Kier alpha value is -2.89. The third-order valence-corrected chi connectivity index (χ3v) is 5.84. The summed E-state index contributed by atoms with van der Waals surface area (Å²) in [6.07, 6.45) is 4.46. The molecule has 1 atom stereocenters. The highest BCUT2D eigenvalue weighted by molar-refractivity contribution is 6.27. The highest BCUT2D eigenvalue weighted by Gasteiger charge is 2.22. The third kappa shape index (κ3) is 10.9. The van der Waals surface area contributed by atoms with Crippen molar-refractivity contribution < 1.29 is 43.5 Å². The van der Waals surface area contributed by atoms with Gasteiger partial charge in [-0.2, -0.15) is 0 Å². The smallest absolute Gasteiger partial charge is 0.414 e. The lowest BCUT2D eigenvalue weighted by Crippen LogP contribution is -2.43. The van der Waals surface area contributed by atoms with Gasteiger partial charge in [0.1, 0.15) is 11.5 Å². The number of likely N-dealkylation sites (tertiary alicyclic amines) is 1. The van der Waals surface area contributed by atoms with Crippen LogP contribution in [-0.2, 0) is 30.5 Å². The van der Waals surface area contributed by atoms with Crippen LogP contribution in [0.25, 0.3) is 0 Å². The zero-order chi connectivity index (χ0) is 25.6. The second-order valence-electron chi connectivity index (χ2n) is 8.50. The van der Waals surface area contributed by atoms with Gasteiger partial charge >= 0.3 is 11.9 Å². The lowest BCUT2D eigenvalue weighted by Gasteiger charge is -2.31. The van der Waals surface area contributed by atoms with Gasteiger partial charge in [-0.05, 0) is 62.4 Å². The maximum absolute atomic E-state index is 12.1. The number of nitrogens with zero attached hydrogens (tertiary/aromatic N) is 1. The van der Waals surface area contributed by atoms with Crippen LogP contribution >= 0.6 is 0 Å². The summed E-state index contributed by atoms with van der Waals surface area (Å²) in [7, 11) is 3.30. The first-order chi connectivity index (χ1) is 16.8. The first kappa shape index (κ1) is 28.3. The number of carbonyl (C=O) groups is 3. The van der Waals surface area contributed by atoms with Crippen molar-refractivity contribution in [3.63, 3.8) is 0 Å². The Morgan fingerprint density at radius 2 is 1.66 bits per heavy atom. The molecule has 3 N–H and O–H groups in total. The predicted octanol–water partition coefficient (Wildman–Crippen LogP) is 1.38. The summed E-state index contributed by atoms with van der Waals surface area (Å²) in [5.74, 6) is -1.47. The van der Waals surface area contributed by atoms with Crippen LogP contribution in [0.5, 0.6) is 11.5 Å². The monoisotopic (exact) mass is 496 g/mol. The number of carbonyl (C=O) groups excluding carboxylic acids is 1. The lowest BCUT2D eigenvalue weighted by molar-refractivity contribution is -0.159. The number of nitrogens with one attached hydrogen (secondary N) is 1. The van der Waals surface area contributed by atoms with E-state index in [2.05, 4.69) is 10.2 Å². The first-order valence-corrected chi connectivity index (χ1v) is 11.7. The van der Waals surface area contributed by atoms with E-state index in [0.717, 1.165) is 69.0 Å². The van der Waals surface area contributed by atoms with Gasteiger partial charge in [-0.1, -0.05) is 0 Å². The van der Waals surface area contributed by atoms with Gasteiger partial charge in [0.15, 0.2) is 0 Å². The number of benzene rings is 1. The number of aliphatic carboxylic acids is 2. The molecule has 2 aliphatic heterocycles. The van der Waals surface area contributed by atoms with Gasteiger partial charge in [-0.15, -0.1) is 0 Å². The maximum atomic E-state index is 12.1. The molecule has 0 radical (unpaired) electrons. The molecule has 0 saturated carbocycles. The fraction of sp³-hybridized carbons (Fsp3) is 0.625. The summed E-state index contributed by atoms with van der Waals surface area (Å²) in [6.45, 7) is 5.09. The number of amides is 1. The molecule has 0 spiro atoms. The molecule has 1 aromatic rings. The Morgan fingerprint density at radius 1 is 1.03 bits per heavy atom.